The van der Waals surface area contributed by atoms with Crippen molar-refractivity contribution in [2.75, 3.05) is 13.1 Å². The predicted octanol–water partition coefficient (Wildman–Crippen LogP) is 2.58. The van der Waals surface area contributed by atoms with Crippen LogP contribution in [0.1, 0.15) is 29.8 Å². The van der Waals surface area contributed by atoms with Gasteiger partial charge in [-0.1, -0.05) is 28.1 Å². The molecule has 130 valence electrons. The summed E-state index contributed by atoms with van der Waals surface area (Å²) in [5.74, 6) is 0.267. The van der Waals surface area contributed by atoms with Gasteiger partial charge < -0.3 is 10.2 Å². The van der Waals surface area contributed by atoms with Gasteiger partial charge in [0, 0.05) is 35.1 Å². The summed E-state index contributed by atoms with van der Waals surface area (Å²) in [6.45, 7) is 1.21. The first-order valence-corrected chi connectivity index (χ1v) is 9.30. The number of rotatable bonds is 4. The normalized spacial score (nSPS) is 19.9. The highest BCUT2D eigenvalue weighted by molar-refractivity contribution is 9.10. The van der Waals surface area contributed by atoms with Crippen molar-refractivity contribution in [2.24, 2.45) is 5.92 Å². The number of nitrogens with zero attached hydrogens (tertiary/aromatic N) is 2. The summed E-state index contributed by atoms with van der Waals surface area (Å²) in [5, 5.41) is 10.1. The first kappa shape index (κ1) is 16.3. The van der Waals surface area contributed by atoms with E-state index in [1.165, 1.54) is 0 Å². The van der Waals surface area contributed by atoms with Crippen LogP contribution in [0.2, 0.25) is 0 Å². The molecular weight excluding hydrogens is 384 g/mol. The third-order valence-corrected chi connectivity index (χ3v) is 5.25. The molecule has 7 heteroatoms. The fourth-order valence-electron chi connectivity index (χ4n) is 3.10. The molecule has 1 aliphatic heterocycles. The molecule has 1 aromatic heterocycles. The number of likely N-dealkylation sites (tertiary alicyclic amines) is 1. The molecule has 1 atom stereocenters. The van der Waals surface area contributed by atoms with Gasteiger partial charge in [-0.25, -0.2) is 0 Å². The van der Waals surface area contributed by atoms with Crippen LogP contribution in [-0.2, 0) is 4.79 Å². The summed E-state index contributed by atoms with van der Waals surface area (Å²) in [7, 11) is 0. The van der Waals surface area contributed by atoms with Crippen LogP contribution in [0, 0.1) is 5.92 Å². The second-order valence-electron chi connectivity index (χ2n) is 6.69. The van der Waals surface area contributed by atoms with Crippen molar-refractivity contribution >= 4 is 27.7 Å². The lowest BCUT2D eigenvalue weighted by Gasteiger charge is -2.16. The van der Waals surface area contributed by atoms with E-state index in [0.717, 1.165) is 35.0 Å². The fraction of sp³-hybridized carbons (Fsp3) is 0.389. The first-order chi connectivity index (χ1) is 12.1. The smallest absolute Gasteiger partial charge is 0.271 e. The van der Waals surface area contributed by atoms with Crippen molar-refractivity contribution in [1.82, 2.24) is 20.4 Å². The Kier molecular flexibility index (Phi) is 4.33. The van der Waals surface area contributed by atoms with Gasteiger partial charge in [-0.05, 0) is 37.5 Å². The highest BCUT2D eigenvalue weighted by Crippen LogP contribution is 2.29. The van der Waals surface area contributed by atoms with Crippen molar-refractivity contribution in [3.63, 3.8) is 0 Å². The summed E-state index contributed by atoms with van der Waals surface area (Å²) in [6, 6.07) is 9.63. The van der Waals surface area contributed by atoms with Crippen LogP contribution in [-0.4, -0.2) is 46.0 Å². The monoisotopic (exact) mass is 402 g/mol. The Balaban J connectivity index is 1.39. The topological polar surface area (TPSA) is 78.1 Å². The average Bonchev–Trinajstić information content (AvgIpc) is 3.17. The van der Waals surface area contributed by atoms with E-state index in [4.69, 9.17) is 0 Å². The molecule has 4 rings (SSSR count). The molecule has 0 spiro atoms. The summed E-state index contributed by atoms with van der Waals surface area (Å²) in [5.41, 5.74) is 2.18. The Morgan fingerprint density at radius 3 is 2.68 bits per heavy atom. The summed E-state index contributed by atoms with van der Waals surface area (Å²) >= 11 is 3.41. The Labute approximate surface area is 154 Å². The first-order valence-electron chi connectivity index (χ1n) is 8.51. The number of halogens is 1. The number of amides is 2. The van der Waals surface area contributed by atoms with E-state index in [1.54, 1.807) is 11.0 Å². The Hall–Kier alpha value is -2.15. The minimum atomic E-state index is -0.0703. The SMILES string of the molecule is O=C(N[C@@H]1CCN(C(=O)c2cc(-c3ccc(Br)cc3)n[nH]2)C1)C1CC1. The lowest BCUT2D eigenvalue weighted by atomic mass is 10.1. The Morgan fingerprint density at radius 2 is 1.96 bits per heavy atom. The summed E-state index contributed by atoms with van der Waals surface area (Å²) in [6.07, 6.45) is 2.79. The van der Waals surface area contributed by atoms with Crippen molar-refractivity contribution in [2.45, 2.75) is 25.3 Å². The highest BCUT2D eigenvalue weighted by Gasteiger charge is 2.34. The van der Waals surface area contributed by atoms with Crippen molar-refractivity contribution in [1.29, 1.82) is 0 Å². The van der Waals surface area contributed by atoms with E-state index in [0.29, 0.717) is 18.8 Å². The van der Waals surface area contributed by atoms with Gasteiger partial charge >= 0.3 is 0 Å². The largest absolute Gasteiger partial charge is 0.351 e. The molecule has 2 heterocycles. The van der Waals surface area contributed by atoms with Crippen LogP contribution < -0.4 is 5.32 Å². The average molecular weight is 403 g/mol. The number of nitrogens with one attached hydrogen (secondary N) is 2. The zero-order valence-electron chi connectivity index (χ0n) is 13.7. The van der Waals surface area contributed by atoms with Crippen molar-refractivity contribution < 1.29 is 9.59 Å². The maximum absolute atomic E-state index is 12.7. The molecule has 1 saturated heterocycles. The highest BCUT2D eigenvalue weighted by atomic mass is 79.9. The van der Waals surface area contributed by atoms with E-state index >= 15 is 0 Å². The number of hydrogen-bond acceptors (Lipinski definition) is 3. The lowest BCUT2D eigenvalue weighted by molar-refractivity contribution is -0.122. The van der Waals surface area contributed by atoms with E-state index < -0.39 is 0 Å². The molecule has 1 aromatic carbocycles. The molecular formula is C18H19BrN4O2. The quantitative estimate of drug-likeness (QED) is 0.824. The van der Waals surface area contributed by atoms with Crippen LogP contribution in [0.5, 0.6) is 0 Å². The number of aromatic nitrogens is 2. The number of carbonyl (C=O) groups is 2. The van der Waals surface area contributed by atoms with Gasteiger partial charge in [0.2, 0.25) is 5.91 Å². The molecule has 2 aromatic rings. The Bertz CT molecular complexity index is 798. The van der Waals surface area contributed by atoms with Crippen LogP contribution in [0.25, 0.3) is 11.3 Å². The van der Waals surface area contributed by atoms with Crippen molar-refractivity contribution in [3.8, 4) is 11.3 Å². The van der Waals surface area contributed by atoms with Gasteiger partial charge in [-0.15, -0.1) is 0 Å². The molecule has 2 amide bonds. The number of H-pyrrole nitrogens is 1. The molecule has 0 unspecified atom stereocenters. The van der Waals surface area contributed by atoms with Gasteiger partial charge in [0.1, 0.15) is 5.69 Å². The van der Waals surface area contributed by atoms with Gasteiger partial charge in [0.05, 0.1) is 5.69 Å². The van der Waals surface area contributed by atoms with Gasteiger partial charge in [0.15, 0.2) is 0 Å². The van der Waals surface area contributed by atoms with Crippen LogP contribution in [0.3, 0.4) is 0 Å². The predicted molar refractivity (Wildman–Crippen MR) is 96.9 cm³/mol. The summed E-state index contributed by atoms with van der Waals surface area (Å²) < 4.78 is 0.999. The number of aromatic amines is 1. The van der Waals surface area contributed by atoms with Crippen molar-refractivity contribution in [3.05, 3.63) is 40.5 Å². The minimum Gasteiger partial charge on any atom is -0.351 e. The number of carbonyl (C=O) groups excluding carboxylic acids is 2. The third kappa shape index (κ3) is 3.61. The number of benzene rings is 1. The van der Waals surface area contributed by atoms with E-state index in [1.807, 2.05) is 24.3 Å². The number of hydrogen-bond donors (Lipinski definition) is 2. The maximum atomic E-state index is 12.7. The van der Waals surface area contributed by atoms with Crippen LogP contribution in [0.4, 0.5) is 0 Å². The molecule has 0 radical (unpaired) electrons. The molecule has 1 aliphatic carbocycles. The second kappa shape index (κ2) is 6.63. The van der Waals surface area contributed by atoms with Gasteiger partial charge in [-0.2, -0.15) is 5.10 Å². The lowest BCUT2D eigenvalue weighted by Crippen LogP contribution is -2.39. The molecule has 25 heavy (non-hydrogen) atoms. The van der Waals surface area contributed by atoms with E-state index in [9.17, 15) is 9.59 Å². The molecule has 6 nitrogen and oxygen atoms in total. The van der Waals surface area contributed by atoms with Crippen LogP contribution >= 0.6 is 15.9 Å². The fourth-order valence-corrected chi connectivity index (χ4v) is 3.36. The minimum absolute atomic E-state index is 0.0610. The van der Waals surface area contributed by atoms with Gasteiger partial charge in [0.25, 0.3) is 5.91 Å². The molecule has 2 N–H and O–H groups in total. The van der Waals surface area contributed by atoms with Crippen LogP contribution in [0.15, 0.2) is 34.8 Å². The Morgan fingerprint density at radius 1 is 1.20 bits per heavy atom. The zero-order valence-corrected chi connectivity index (χ0v) is 15.3. The molecule has 0 bridgehead atoms. The standard InChI is InChI=1S/C18H19BrN4O2/c19-13-5-3-11(4-6-13)15-9-16(22-21-15)18(25)23-8-7-14(10-23)20-17(24)12-1-2-12/h3-6,9,12,14H,1-2,7-8,10H2,(H,20,24)(H,21,22)/t14-/m1/s1. The zero-order chi connectivity index (χ0) is 17.4. The molecule has 2 fully saturated rings. The van der Waals surface area contributed by atoms with Gasteiger partial charge in [-0.3, -0.25) is 14.7 Å². The second-order valence-corrected chi connectivity index (χ2v) is 7.61. The molecule has 1 saturated carbocycles. The van der Waals surface area contributed by atoms with E-state index in [2.05, 4.69) is 31.4 Å². The third-order valence-electron chi connectivity index (χ3n) is 4.72. The molecule has 2 aliphatic rings. The summed E-state index contributed by atoms with van der Waals surface area (Å²) in [4.78, 5) is 26.3. The maximum Gasteiger partial charge on any atom is 0.271 e. The van der Waals surface area contributed by atoms with E-state index in [-0.39, 0.29) is 23.8 Å².